The number of aromatic nitrogens is 2. The molecule has 1 aromatic rings. The van der Waals surface area contributed by atoms with E-state index in [1.807, 2.05) is 12.4 Å². The lowest BCUT2D eigenvalue weighted by Crippen LogP contribution is -2.28. The predicted octanol–water partition coefficient (Wildman–Crippen LogP) is 1.18. The van der Waals surface area contributed by atoms with Crippen LogP contribution in [0.15, 0.2) is 19.0 Å². The summed E-state index contributed by atoms with van der Waals surface area (Å²) in [6.07, 6.45) is 5.54. The van der Waals surface area contributed by atoms with E-state index in [-0.39, 0.29) is 0 Å². The number of nitrogens with zero attached hydrogens (tertiary/aromatic N) is 3. The van der Waals surface area contributed by atoms with Crippen LogP contribution in [0.4, 0.5) is 0 Å². The molecule has 2 rings (SSSR count). The van der Waals surface area contributed by atoms with E-state index in [1.165, 1.54) is 5.56 Å². The molecule has 2 atom stereocenters. The average Bonchev–Trinajstić information content (AvgIpc) is 2.66. The molecule has 0 aromatic carbocycles. The monoisotopic (exact) mass is 253 g/mol. The zero-order valence-corrected chi connectivity index (χ0v) is 11.0. The van der Waals surface area contributed by atoms with Crippen LogP contribution in [0.25, 0.3) is 6.20 Å². The van der Waals surface area contributed by atoms with Crippen molar-refractivity contribution >= 4 is 17.0 Å². The van der Waals surface area contributed by atoms with Crippen LogP contribution in [0.1, 0.15) is 12.5 Å². The maximum Gasteiger partial charge on any atom is 0.0539 e. The molecule has 0 unspecified atom stereocenters. The topological polar surface area (TPSA) is 38.1 Å². The van der Waals surface area contributed by atoms with Gasteiger partial charge in [0.25, 0.3) is 0 Å². The smallest absolute Gasteiger partial charge is 0.0539 e. The highest BCUT2D eigenvalue weighted by molar-refractivity contribution is 7.85. The first-order valence-corrected chi connectivity index (χ1v) is 7.39. The third-order valence-corrected chi connectivity index (χ3v) is 4.50. The van der Waals surface area contributed by atoms with Gasteiger partial charge in [0.15, 0.2) is 0 Å². The Labute approximate surface area is 105 Å². The van der Waals surface area contributed by atoms with Crippen molar-refractivity contribution in [1.82, 2.24) is 14.7 Å². The Bertz CT molecular complexity index is 416. The highest BCUT2D eigenvalue weighted by Crippen LogP contribution is 2.12. The van der Waals surface area contributed by atoms with E-state index >= 15 is 0 Å². The lowest BCUT2D eigenvalue weighted by Gasteiger charge is -2.20. The molecule has 2 heterocycles. The van der Waals surface area contributed by atoms with Crippen molar-refractivity contribution in [3.05, 3.63) is 24.5 Å². The van der Waals surface area contributed by atoms with E-state index in [0.29, 0.717) is 5.92 Å². The quantitative estimate of drug-likeness (QED) is 0.812. The third kappa shape index (κ3) is 3.51. The largest absolute Gasteiger partial charge is 0.298 e. The minimum atomic E-state index is -0.641. The van der Waals surface area contributed by atoms with Crippen LogP contribution in [-0.4, -0.2) is 43.5 Å². The molecule has 0 bridgehead atoms. The molecule has 1 fully saturated rings. The first-order valence-electron chi connectivity index (χ1n) is 5.90. The summed E-state index contributed by atoms with van der Waals surface area (Å²) in [5.74, 6) is 2.13. The van der Waals surface area contributed by atoms with Crippen LogP contribution in [0, 0.1) is 5.92 Å². The van der Waals surface area contributed by atoms with Crippen molar-refractivity contribution < 1.29 is 4.21 Å². The molecule has 4 nitrogen and oxygen atoms in total. The molecule has 1 aromatic heterocycles. The lowest BCUT2D eigenvalue weighted by atomic mass is 10.2. The molecule has 1 saturated heterocycles. The van der Waals surface area contributed by atoms with Gasteiger partial charge in [0, 0.05) is 59.9 Å². The minimum Gasteiger partial charge on any atom is -0.298 e. The second-order valence-corrected chi connectivity index (χ2v) is 6.28. The van der Waals surface area contributed by atoms with Crippen LogP contribution >= 0.6 is 0 Å². The number of hydrogen-bond acceptors (Lipinski definition) is 3. The van der Waals surface area contributed by atoms with Crippen LogP contribution in [0.2, 0.25) is 0 Å². The van der Waals surface area contributed by atoms with E-state index in [9.17, 15) is 4.21 Å². The minimum absolute atomic E-state index is 0.507. The number of hydrogen-bond donors (Lipinski definition) is 0. The molecule has 1 aliphatic rings. The molecule has 0 N–H and O–H groups in total. The maximum absolute atomic E-state index is 11.6. The van der Waals surface area contributed by atoms with Gasteiger partial charge in [-0.1, -0.05) is 13.5 Å². The Morgan fingerprint density at radius 3 is 3.24 bits per heavy atom. The Morgan fingerprint density at radius 2 is 2.53 bits per heavy atom. The highest BCUT2D eigenvalue weighted by Gasteiger charge is 2.19. The van der Waals surface area contributed by atoms with E-state index in [0.717, 1.165) is 31.1 Å². The van der Waals surface area contributed by atoms with Crippen LogP contribution < -0.4 is 0 Å². The summed E-state index contributed by atoms with van der Waals surface area (Å²) in [6.45, 7) is 8.66. The SMILES string of the molecule is C=Cn1cc(CN2CC[S@@](=O)C[C@H](C)C2)cn1. The average molecular weight is 253 g/mol. The van der Waals surface area contributed by atoms with Gasteiger partial charge in [-0.05, 0) is 5.92 Å². The van der Waals surface area contributed by atoms with Gasteiger partial charge in [-0.15, -0.1) is 0 Å². The molecule has 94 valence electrons. The molecule has 17 heavy (non-hydrogen) atoms. The Hall–Kier alpha value is -0.940. The van der Waals surface area contributed by atoms with Crippen molar-refractivity contribution in [3.8, 4) is 0 Å². The summed E-state index contributed by atoms with van der Waals surface area (Å²) in [5, 5.41) is 4.17. The van der Waals surface area contributed by atoms with Gasteiger partial charge in [-0.2, -0.15) is 5.10 Å². The highest BCUT2D eigenvalue weighted by atomic mass is 32.2. The van der Waals surface area contributed by atoms with Gasteiger partial charge < -0.3 is 0 Å². The van der Waals surface area contributed by atoms with Crippen molar-refractivity contribution in [3.63, 3.8) is 0 Å². The van der Waals surface area contributed by atoms with E-state index in [4.69, 9.17) is 0 Å². The van der Waals surface area contributed by atoms with Crippen LogP contribution in [-0.2, 0) is 17.3 Å². The summed E-state index contributed by atoms with van der Waals surface area (Å²) in [6, 6.07) is 0. The standard InChI is InChI=1S/C12H19N3OS/c1-3-15-9-12(6-13-15)8-14-4-5-17(16)10-11(2)7-14/h3,6,9,11H,1,4-5,7-8,10H2,2H3/t11-,17-/m1/s1. The van der Waals surface area contributed by atoms with Crippen molar-refractivity contribution in [2.45, 2.75) is 13.5 Å². The summed E-state index contributed by atoms with van der Waals surface area (Å²) in [7, 11) is -0.641. The fourth-order valence-corrected chi connectivity index (χ4v) is 3.55. The van der Waals surface area contributed by atoms with Gasteiger partial charge >= 0.3 is 0 Å². The molecule has 1 aliphatic heterocycles. The summed E-state index contributed by atoms with van der Waals surface area (Å²) < 4.78 is 13.3. The number of rotatable bonds is 3. The second kappa shape index (κ2) is 5.60. The first-order chi connectivity index (χ1) is 8.17. The molecule has 0 aliphatic carbocycles. The third-order valence-electron chi connectivity index (χ3n) is 2.92. The molecule has 0 spiro atoms. The van der Waals surface area contributed by atoms with Crippen LogP contribution in [0.3, 0.4) is 0 Å². The second-order valence-electron chi connectivity index (χ2n) is 4.66. The van der Waals surface area contributed by atoms with Gasteiger partial charge in [-0.25, -0.2) is 4.68 Å². The van der Waals surface area contributed by atoms with E-state index < -0.39 is 10.8 Å². The van der Waals surface area contributed by atoms with Crippen molar-refractivity contribution in [2.75, 3.05) is 24.6 Å². The summed E-state index contributed by atoms with van der Waals surface area (Å²) in [4.78, 5) is 2.36. The summed E-state index contributed by atoms with van der Waals surface area (Å²) in [5.41, 5.74) is 1.18. The molecular weight excluding hydrogens is 234 g/mol. The zero-order valence-electron chi connectivity index (χ0n) is 10.2. The summed E-state index contributed by atoms with van der Waals surface area (Å²) >= 11 is 0. The first kappa shape index (κ1) is 12.5. The predicted molar refractivity (Wildman–Crippen MR) is 70.9 cm³/mol. The fourth-order valence-electron chi connectivity index (χ4n) is 2.18. The van der Waals surface area contributed by atoms with E-state index in [1.54, 1.807) is 10.9 Å². The van der Waals surface area contributed by atoms with Crippen molar-refractivity contribution in [1.29, 1.82) is 0 Å². The maximum atomic E-state index is 11.6. The van der Waals surface area contributed by atoms with E-state index in [2.05, 4.69) is 23.5 Å². The normalized spacial score (nSPS) is 26.6. The van der Waals surface area contributed by atoms with Gasteiger partial charge in [0.05, 0.1) is 6.20 Å². The molecule has 0 amide bonds. The van der Waals surface area contributed by atoms with Gasteiger partial charge in [-0.3, -0.25) is 9.11 Å². The molecule has 0 radical (unpaired) electrons. The Kier molecular flexibility index (Phi) is 4.12. The molecule has 5 heteroatoms. The van der Waals surface area contributed by atoms with Gasteiger partial charge in [0.2, 0.25) is 0 Å². The molecule has 0 saturated carbocycles. The lowest BCUT2D eigenvalue weighted by molar-refractivity contribution is 0.257. The Balaban J connectivity index is 1.97. The Morgan fingerprint density at radius 1 is 1.71 bits per heavy atom. The van der Waals surface area contributed by atoms with Gasteiger partial charge in [0.1, 0.15) is 0 Å². The van der Waals surface area contributed by atoms with Crippen molar-refractivity contribution in [2.24, 2.45) is 5.92 Å². The molecular formula is C12H19N3OS. The van der Waals surface area contributed by atoms with Crippen LogP contribution in [0.5, 0.6) is 0 Å². The zero-order chi connectivity index (χ0) is 12.3. The fraction of sp³-hybridized carbons (Fsp3) is 0.583.